The van der Waals surface area contributed by atoms with Crippen molar-refractivity contribution in [2.24, 2.45) is 0 Å². The van der Waals surface area contributed by atoms with Crippen LogP contribution in [-0.2, 0) is 24.4 Å². The van der Waals surface area contributed by atoms with Gasteiger partial charge in [-0.25, -0.2) is 44.7 Å². The molecule has 0 aliphatic carbocycles. The SMILES string of the molecule is CC(C)(C)OC(=O)N1CC[C@H](NC(=O)c2nc(-c3cccc(C(=O)NC4CCOc5ccccc54)c3)cnc2N)C1.Nc1ncc(-c2cccc(C(=O)NCc3ccc(Cl)cc3)c2)nc1C(=O)N[C@H]1CCNC1.Nc1ncc(-c2cccc(C(=O)NCc3ccccn3)c2)nc1C(=O)N[C@H]1CCNC1.Nc1ncc(-c2cccc(C(=O)NCc3cccnc3)c2)nc1C(=O)N[C@H]1CCNC1. The van der Waals surface area contributed by atoms with Crippen LogP contribution in [0.2, 0.25) is 5.02 Å². The Kier molecular flexibility index (Phi) is 32.0. The summed E-state index contributed by atoms with van der Waals surface area (Å²) < 4.78 is 11.1. The van der Waals surface area contributed by atoms with Crippen molar-refractivity contribution in [1.82, 2.24) is 113 Å². The van der Waals surface area contributed by atoms with Gasteiger partial charge in [0, 0.05) is 150 Å². The normalized spacial score (nSPS) is 16.2. The topological polar surface area (TPSA) is 541 Å². The van der Waals surface area contributed by atoms with Gasteiger partial charge < -0.3 is 95.8 Å². The third-order valence-corrected chi connectivity index (χ3v) is 22.3. The largest absolute Gasteiger partial charge is 0.493 e. The number of carbonyl (C=O) groups excluding carboxylic acids is 9. The fourth-order valence-corrected chi connectivity index (χ4v) is 15.1. The molecule has 6 aromatic carbocycles. The van der Waals surface area contributed by atoms with E-state index in [9.17, 15) is 43.2 Å². The van der Waals surface area contributed by atoms with E-state index in [1.807, 2.05) is 87.5 Å². The van der Waals surface area contributed by atoms with Crippen molar-refractivity contribution in [3.05, 3.63) is 292 Å². The van der Waals surface area contributed by atoms with Crippen LogP contribution in [0.5, 0.6) is 5.75 Å². The lowest BCUT2D eigenvalue weighted by atomic mass is 10.00. The molecule has 694 valence electrons. The molecule has 37 nitrogen and oxygen atoms in total. The molecule has 11 heterocycles. The number of fused-ring (bicyclic) bond motifs is 1. The predicted octanol–water partition coefficient (Wildman–Crippen LogP) is 8.40. The van der Waals surface area contributed by atoms with Gasteiger partial charge in [-0.15, -0.1) is 0 Å². The Balaban J connectivity index is 0.000000145. The van der Waals surface area contributed by atoms with Gasteiger partial charge in [-0.05, 0) is 162 Å². The van der Waals surface area contributed by atoms with Crippen molar-refractivity contribution in [3.8, 4) is 50.8 Å². The first kappa shape index (κ1) is 95.2. The first-order valence-electron chi connectivity index (χ1n) is 43.9. The van der Waals surface area contributed by atoms with E-state index < -0.39 is 17.6 Å². The number of nitrogens with zero attached hydrogens (tertiary/aromatic N) is 11. The smallest absolute Gasteiger partial charge is 0.410 e. The van der Waals surface area contributed by atoms with E-state index in [1.165, 1.54) is 24.8 Å². The quantitative estimate of drug-likeness (QED) is 0.0286. The minimum atomic E-state index is -0.600. The lowest BCUT2D eigenvalue weighted by Crippen LogP contribution is -2.40. The number of likely N-dealkylation sites (tertiary alicyclic amines) is 1. The van der Waals surface area contributed by atoms with Crippen molar-refractivity contribution < 1.29 is 52.6 Å². The molecule has 4 fully saturated rings. The number of anilines is 4. The molecule has 38 heteroatoms. The molecule has 12 aromatic rings. The van der Waals surface area contributed by atoms with Crippen LogP contribution < -0.4 is 86.2 Å². The molecule has 4 saturated heterocycles. The van der Waals surface area contributed by atoms with E-state index >= 15 is 0 Å². The highest BCUT2D eigenvalue weighted by atomic mass is 35.5. The van der Waals surface area contributed by atoms with Crippen LogP contribution in [0.1, 0.15) is 165 Å². The van der Waals surface area contributed by atoms with Crippen molar-refractivity contribution in [2.75, 3.05) is 81.9 Å². The number of rotatable bonds is 23. The third-order valence-electron chi connectivity index (χ3n) is 22.1. The maximum atomic E-state index is 13.2. The van der Waals surface area contributed by atoms with Gasteiger partial charge in [0.2, 0.25) is 0 Å². The van der Waals surface area contributed by atoms with Crippen molar-refractivity contribution >= 4 is 88.2 Å². The van der Waals surface area contributed by atoms with Gasteiger partial charge >= 0.3 is 6.09 Å². The third kappa shape index (κ3) is 26.5. The predicted molar refractivity (Wildman–Crippen MR) is 508 cm³/mol. The summed E-state index contributed by atoms with van der Waals surface area (Å²) in [5, 5.41) is 33.6. The van der Waals surface area contributed by atoms with Crippen molar-refractivity contribution in [1.29, 1.82) is 0 Å². The number of nitrogens with two attached hydrogens (primary N) is 4. The summed E-state index contributed by atoms with van der Waals surface area (Å²) in [6.45, 7) is 12.5. The van der Waals surface area contributed by atoms with E-state index in [1.54, 1.807) is 133 Å². The molecule has 0 saturated carbocycles. The average Bonchev–Trinajstić information content (AvgIpc) is 1.46. The summed E-state index contributed by atoms with van der Waals surface area (Å²) in [5.41, 5.74) is 33.1. The molecule has 6 aromatic heterocycles. The number of hydrogen-bond donors (Lipinski definition) is 15. The molecule has 1 unspecified atom stereocenters. The zero-order valence-corrected chi connectivity index (χ0v) is 75.0. The molecule has 17 rings (SSSR count). The molecule has 0 bridgehead atoms. The second kappa shape index (κ2) is 45.3. The summed E-state index contributed by atoms with van der Waals surface area (Å²) in [6, 6.07) is 51.8. The molecule has 0 spiro atoms. The first-order chi connectivity index (χ1) is 65.3. The Labute approximate surface area is 782 Å². The average molecular weight is 1840 g/mol. The van der Waals surface area contributed by atoms with Crippen LogP contribution in [-0.4, -0.2) is 197 Å². The summed E-state index contributed by atoms with van der Waals surface area (Å²) in [5.74, 6) is -1.51. The summed E-state index contributed by atoms with van der Waals surface area (Å²) in [6.07, 6.45) is 14.4. The number of para-hydroxylation sites is 1. The Morgan fingerprint density at radius 1 is 0.422 bits per heavy atom. The lowest BCUT2D eigenvalue weighted by Gasteiger charge is -2.26. The standard InChI is InChI=1S/C30H34N6O5.C23H23ClN6O2.2C22H23N7O2/c1-30(2,3)41-29(39)36-13-11-20(17-36)33-28(38)25-26(31)32-16-23(34-25)18-7-6-8-19(15-18)27(37)35-22-12-14-40-24-10-5-4-9-21(22)24;24-17-6-4-14(5-7-17)11-28-22(31)16-3-1-2-15(10-16)19-13-27-21(25)20(30-19)23(32)29-18-8-9-26-12-18;23-20-19(22(31)28-17-6-8-25-12-17)29-18(13-26-20)15-4-1-5-16(9-15)21(30)27-11-14-3-2-7-24-10-14;23-20-19(22(31)28-17-7-9-24-11-17)29-18(13-26-20)14-4-3-5-15(10-14)21(30)27-12-16-6-1-2-8-25-16/h4-10,15-16,20,22H,11-14,17H2,1-3H3,(H2,31,32)(H,33,38)(H,35,37);1-7,10,13,18,26H,8-9,11-12H2,(H2,25,27)(H,28,31)(H,29,32);1-5,7,9-10,13,17,25H,6,8,11-12H2,(H2,23,26)(H,27,30)(H,28,31);1-6,8,10,13,17,24H,7,9,11-12H2,(H2,23,26)(H,27,30)(H,28,31)/t20-,22?;18-;2*17-/m0000/s1. The van der Waals surface area contributed by atoms with Crippen LogP contribution in [0.3, 0.4) is 0 Å². The van der Waals surface area contributed by atoms with E-state index in [2.05, 4.69) is 108 Å². The lowest BCUT2D eigenvalue weighted by molar-refractivity contribution is 0.0289. The summed E-state index contributed by atoms with van der Waals surface area (Å²) >= 11 is 5.89. The van der Waals surface area contributed by atoms with Crippen LogP contribution in [0.4, 0.5) is 28.1 Å². The van der Waals surface area contributed by atoms with E-state index in [0.717, 1.165) is 73.6 Å². The van der Waals surface area contributed by atoms with Gasteiger partial charge in [0.05, 0.1) is 72.5 Å². The number of nitrogens with one attached hydrogen (secondary N) is 11. The van der Waals surface area contributed by atoms with Crippen LogP contribution in [0.15, 0.2) is 219 Å². The number of carbonyl (C=O) groups is 9. The molecule has 135 heavy (non-hydrogen) atoms. The number of benzene rings is 6. The fourth-order valence-electron chi connectivity index (χ4n) is 15.0. The maximum Gasteiger partial charge on any atom is 0.410 e. The Morgan fingerprint density at radius 2 is 0.844 bits per heavy atom. The van der Waals surface area contributed by atoms with E-state index in [-0.39, 0.29) is 118 Å². The maximum absolute atomic E-state index is 13.2. The number of amides is 9. The van der Waals surface area contributed by atoms with Gasteiger partial charge in [0.1, 0.15) is 11.4 Å². The zero-order chi connectivity index (χ0) is 94.9. The minimum Gasteiger partial charge on any atom is -0.493 e. The Morgan fingerprint density at radius 3 is 1.26 bits per heavy atom. The van der Waals surface area contributed by atoms with Gasteiger partial charge in [0.15, 0.2) is 46.0 Å². The molecule has 5 atom stereocenters. The van der Waals surface area contributed by atoms with Gasteiger partial charge in [-0.2, -0.15) is 0 Å². The molecular formula is C97H103ClN26O11. The molecule has 5 aliphatic heterocycles. The van der Waals surface area contributed by atoms with Crippen LogP contribution in [0.25, 0.3) is 45.0 Å². The molecule has 5 aliphatic rings. The highest BCUT2D eigenvalue weighted by molar-refractivity contribution is 6.30. The number of hydrogen-bond acceptors (Lipinski definition) is 28. The Bertz CT molecular complexity index is 6090. The monoisotopic (exact) mass is 1840 g/mol. The number of ether oxygens (including phenoxy) is 2. The fraction of sp³-hybridized carbons (Fsp3) is 0.268. The van der Waals surface area contributed by atoms with Crippen molar-refractivity contribution in [2.45, 2.75) is 108 Å². The zero-order valence-electron chi connectivity index (χ0n) is 74.3. The number of pyridine rings is 2. The van der Waals surface area contributed by atoms with Gasteiger partial charge in [-0.3, -0.25) is 48.3 Å². The minimum absolute atomic E-state index is 0.0136. The molecule has 9 amide bonds. The summed E-state index contributed by atoms with van der Waals surface area (Å²) in [4.78, 5) is 158. The highest BCUT2D eigenvalue weighted by Crippen LogP contribution is 2.33. The van der Waals surface area contributed by atoms with Crippen LogP contribution in [0, 0.1) is 0 Å². The van der Waals surface area contributed by atoms with Gasteiger partial charge in [0.25, 0.3) is 47.3 Å². The van der Waals surface area contributed by atoms with Crippen molar-refractivity contribution in [3.63, 3.8) is 0 Å². The van der Waals surface area contributed by atoms with Gasteiger partial charge in [-0.1, -0.05) is 103 Å². The number of halogens is 1. The molecule has 0 radical (unpaired) electrons. The number of nitrogen functional groups attached to an aromatic ring is 4. The van der Waals surface area contributed by atoms with Crippen LogP contribution >= 0.6 is 11.6 Å². The van der Waals surface area contributed by atoms with E-state index in [0.29, 0.717) is 138 Å². The molecular weight excluding hydrogens is 1740 g/mol. The second-order valence-electron chi connectivity index (χ2n) is 33.2. The summed E-state index contributed by atoms with van der Waals surface area (Å²) in [7, 11) is 0. The first-order valence-corrected chi connectivity index (χ1v) is 44.3. The molecule has 19 N–H and O–H groups in total. The highest BCUT2D eigenvalue weighted by Gasteiger charge is 2.33. The Hall–Kier alpha value is -15.9. The number of aromatic nitrogens is 10. The van der Waals surface area contributed by atoms with E-state index in [4.69, 9.17) is 44.0 Å². The second-order valence-corrected chi connectivity index (χ2v) is 33.6.